The number of para-hydroxylation sites is 1. The van der Waals surface area contributed by atoms with Crippen LogP contribution in [0.15, 0.2) is 89.5 Å². The molecule has 0 saturated carbocycles. The molecule has 0 aliphatic carbocycles. The van der Waals surface area contributed by atoms with E-state index in [9.17, 15) is 12.8 Å². The van der Waals surface area contributed by atoms with Gasteiger partial charge in [-0.15, -0.1) is 0 Å². The van der Waals surface area contributed by atoms with Gasteiger partial charge in [0.1, 0.15) is 5.82 Å². The minimum Gasteiger partial charge on any atom is -0.422 e. The number of H-pyrrole nitrogens is 1. The first-order valence-corrected chi connectivity index (χ1v) is 11.8. The summed E-state index contributed by atoms with van der Waals surface area (Å²) in [4.78, 5) is 7.21. The molecule has 5 rings (SSSR count). The van der Waals surface area contributed by atoms with Gasteiger partial charge in [0.25, 0.3) is 6.01 Å². The first-order valence-electron chi connectivity index (χ1n) is 10.1. The van der Waals surface area contributed by atoms with E-state index in [-0.39, 0.29) is 17.6 Å². The van der Waals surface area contributed by atoms with Crippen LogP contribution in [0.4, 0.5) is 21.8 Å². The Bertz CT molecular complexity index is 1530. The number of hydrogen-bond acceptors (Lipinski definition) is 5. The summed E-state index contributed by atoms with van der Waals surface area (Å²) < 4.78 is 47.3. The zero-order chi connectivity index (χ0) is 22.8. The van der Waals surface area contributed by atoms with E-state index in [0.29, 0.717) is 33.9 Å². The summed E-state index contributed by atoms with van der Waals surface area (Å²) in [5.41, 5.74) is 2.69. The molecule has 0 radical (unpaired) electrons. The fourth-order valence-electron chi connectivity index (χ4n) is 3.50. The largest absolute Gasteiger partial charge is 0.422 e. The Hall–Kier alpha value is -4.11. The monoisotopic (exact) mass is 462 g/mol. The third-order valence-corrected chi connectivity index (χ3v) is 6.22. The minimum absolute atomic E-state index is 0.125. The number of fused-ring (bicyclic) bond motifs is 1. The number of aromatic nitrogens is 2. The van der Waals surface area contributed by atoms with Crippen LogP contribution in [0.5, 0.6) is 0 Å². The molecular weight excluding hydrogens is 443 g/mol. The van der Waals surface area contributed by atoms with Gasteiger partial charge >= 0.3 is 0 Å². The molecule has 7 nitrogen and oxygen atoms in total. The van der Waals surface area contributed by atoms with E-state index >= 15 is 0 Å². The molecule has 0 saturated heterocycles. The van der Waals surface area contributed by atoms with Crippen molar-refractivity contribution in [2.45, 2.75) is 5.75 Å². The van der Waals surface area contributed by atoms with Gasteiger partial charge < -0.3 is 14.7 Å². The van der Waals surface area contributed by atoms with E-state index in [1.165, 1.54) is 12.3 Å². The average Bonchev–Trinajstić information content (AvgIpc) is 3.42. The first kappa shape index (κ1) is 20.8. The van der Waals surface area contributed by atoms with Crippen LogP contribution >= 0.6 is 0 Å². The molecule has 0 bridgehead atoms. The number of sulfonamides is 1. The second-order valence-corrected chi connectivity index (χ2v) is 9.19. The van der Waals surface area contributed by atoms with Crippen molar-refractivity contribution in [1.82, 2.24) is 9.97 Å². The van der Waals surface area contributed by atoms with Crippen LogP contribution in [0.1, 0.15) is 5.56 Å². The second kappa shape index (κ2) is 8.44. The van der Waals surface area contributed by atoms with Crippen molar-refractivity contribution < 1.29 is 17.2 Å². The molecule has 166 valence electrons. The van der Waals surface area contributed by atoms with Crippen LogP contribution in [-0.2, 0) is 15.8 Å². The van der Waals surface area contributed by atoms with Crippen LogP contribution in [0.3, 0.4) is 0 Å². The lowest BCUT2D eigenvalue weighted by Gasteiger charge is -2.10. The van der Waals surface area contributed by atoms with Crippen molar-refractivity contribution >= 4 is 38.3 Å². The van der Waals surface area contributed by atoms with Crippen molar-refractivity contribution in [1.29, 1.82) is 0 Å². The topological polar surface area (TPSA) is 100 Å². The molecule has 2 aromatic heterocycles. The molecule has 0 unspecified atom stereocenters. The number of anilines is 3. The predicted molar refractivity (Wildman–Crippen MR) is 126 cm³/mol. The molecule has 3 aromatic carbocycles. The van der Waals surface area contributed by atoms with Gasteiger partial charge in [-0.05, 0) is 35.9 Å². The van der Waals surface area contributed by atoms with Crippen LogP contribution in [0, 0.1) is 5.82 Å². The van der Waals surface area contributed by atoms with Gasteiger partial charge in [0.05, 0.1) is 28.8 Å². The maximum absolute atomic E-state index is 13.9. The highest BCUT2D eigenvalue weighted by Crippen LogP contribution is 2.29. The van der Waals surface area contributed by atoms with E-state index in [4.69, 9.17) is 4.42 Å². The summed E-state index contributed by atoms with van der Waals surface area (Å²) in [6.45, 7) is 0. The van der Waals surface area contributed by atoms with E-state index < -0.39 is 10.0 Å². The normalized spacial score (nSPS) is 11.5. The Balaban J connectivity index is 1.31. The van der Waals surface area contributed by atoms with Crippen molar-refractivity contribution in [2.75, 3.05) is 10.0 Å². The zero-order valence-corrected chi connectivity index (χ0v) is 18.1. The summed E-state index contributed by atoms with van der Waals surface area (Å²) in [5, 5.41) is 3.74. The average molecular weight is 463 g/mol. The Morgan fingerprint density at radius 1 is 0.939 bits per heavy atom. The summed E-state index contributed by atoms with van der Waals surface area (Å²) in [6.07, 6.45) is 1.53. The van der Waals surface area contributed by atoms with E-state index in [1.54, 1.807) is 66.7 Å². The van der Waals surface area contributed by atoms with Gasteiger partial charge in [0.2, 0.25) is 10.0 Å². The number of nitrogens with zero attached hydrogens (tertiary/aromatic N) is 1. The van der Waals surface area contributed by atoms with Crippen LogP contribution in [0.2, 0.25) is 0 Å². The van der Waals surface area contributed by atoms with Crippen LogP contribution in [0.25, 0.3) is 22.4 Å². The number of hydrogen-bond donors (Lipinski definition) is 3. The lowest BCUT2D eigenvalue weighted by molar-refractivity contribution is 0.590. The molecule has 33 heavy (non-hydrogen) atoms. The number of rotatable bonds is 7. The standard InChI is InChI=1S/C24H19FN4O3S/c25-20-11-4-8-17-12-21(28-23(17)20)22-14-26-24(32-22)27-18-9-5-10-19(13-18)29-33(30,31)15-16-6-2-1-3-7-16/h1-14,28-29H,15H2,(H,26,27). The molecule has 9 heteroatoms. The molecule has 0 atom stereocenters. The second-order valence-electron chi connectivity index (χ2n) is 7.47. The highest BCUT2D eigenvalue weighted by molar-refractivity contribution is 7.91. The highest BCUT2D eigenvalue weighted by atomic mass is 32.2. The molecule has 3 N–H and O–H groups in total. The molecule has 0 spiro atoms. The van der Waals surface area contributed by atoms with E-state index in [0.717, 1.165) is 5.39 Å². The smallest absolute Gasteiger partial charge is 0.299 e. The first-order chi connectivity index (χ1) is 15.9. The lowest BCUT2D eigenvalue weighted by Crippen LogP contribution is -2.15. The Morgan fingerprint density at radius 2 is 1.73 bits per heavy atom. The van der Waals surface area contributed by atoms with Gasteiger partial charge in [0.15, 0.2) is 5.76 Å². The summed E-state index contributed by atoms with van der Waals surface area (Å²) in [7, 11) is -3.58. The number of halogens is 1. The molecular formula is C24H19FN4O3S. The maximum Gasteiger partial charge on any atom is 0.299 e. The Labute approximate surface area is 189 Å². The van der Waals surface area contributed by atoms with Crippen LogP contribution < -0.4 is 10.0 Å². The summed E-state index contributed by atoms with van der Waals surface area (Å²) in [6, 6.07) is 22.6. The molecule has 0 amide bonds. The Kier molecular flexibility index (Phi) is 5.31. The molecule has 0 aliphatic heterocycles. The number of benzene rings is 3. The molecule has 5 aromatic rings. The van der Waals surface area contributed by atoms with Crippen LogP contribution in [-0.4, -0.2) is 18.4 Å². The third-order valence-electron chi connectivity index (χ3n) is 4.96. The van der Waals surface area contributed by atoms with Gasteiger partial charge in [-0.25, -0.2) is 17.8 Å². The summed E-state index contributed by atoms with van der Waals surface area (Å²) >= 11 is 0. The van der Waals surface area contributed by atoms with Crippen molar-refractivity contribution in [3.8, 4) is 11.5 Å². The predicted octanol–water partition coefficient (Wildman–Crippen LogP) is 5.65. The fraction of sp³-hybridized carbons (Fsp3) is 0.0417. The van der Waals surface area contributed by atoms with Crippen molar-refractivity contribution in [2.24, 2.45) is 0 Å². The minimum atomic E-state index is -3.58. The maximum atomic E-state index is 13.9. The summed E-state index contributed by atoms with van der Waals surface area (Å²) in [5.74, 6) is -0.0318. The van der Waals surface area contributed by atoms with E-state index in [2.05, 4.69) is 20.0 Å². The number of oxazole rings is 1. The quantitative estimate of drug-likeness (QED) is 0.290. The van der Waals surface area contributed by atoms with Crippen molar-refractivity contribution in [3.05, 3.63) is 96.4 Å². The van der Waals surface area contributed by atoms with Crippen molar-refractivity contribution in [3.63, 3.8) is 0 Å². The SMILES string of the molecule is O=S(=O)(Cc1ccccc1)Nc1cccc(Nc2ncc(-c3cc4cccc(F)c4[nH]3)o2)c1. The zero-order valence-electron chi connectivity index (χ0n) is 17.2. The third kappa shape index (κ3) is 4.73. The molecule has 0 aliphatic rings. The van der Waals surface area contributed by atoms with Gasteiger partial charge in [-0.2, -0.15) is 0 Å². The Morgan fingerprint density at radius 3 is 2.55 bits per heavy atom. The van der Waals surface area contributed by atoms with Gasteiger partial charge in [-0.1, -0.05) is 48.5 Å². The van der Waals surface area contributed by atoms with E-state index in [1.807, 2.05) is 6.07 Å². The number of aromatic amines is 1. The molecule has 2 heterocycles. The highest BCUT2D eigenvalue weighted by Gasteiger charge is 2.14. The lowest BCUT2D eigenvalue weighted by atomic mass is 10.2. The van der Waals surface area contributed by atoms with Gasteiger partial charge in [0, 0.05) is 11.1 Å². The number of nitrogens with one attached hydrogen (secondary N) is 3. The fourth-order valence-corrected chi connectivity index (χ4v) is 4.69. The molecule has 0 fully saturated rings. The van der Waals surface area contributed by atoms with Gasteiger partial charge in [-0.3, -0.25) is 4.72 Å².